The van der Waals surface area contributed by atoms with Gasteiger partial charge in [-0.3, -0.25) is 4.57 Å². The van der Waals surface area contributed by atoms with E-state index in [0.717, 1.165) is 17.2 Å². The van der Waals surface area contributed by atoms with Crippen molar-refractivity contribution < 1.29 is 8.42 Å². The second-order valence-corrected chi connectivity index (χ2v) is 8.35. The maximum atomic E-state index is 12.9. The third-order valence-electron chi connectivity index (χ3n) is 4.60. The summed E-state index contributed by atoms with van der Waals surface area (Å²) in [5.74, 6) is 1.51. The van der Waals surface area contributed by atoms with Crippen LogP contribution in [0.5, 0.6) is 0 Å². The van der Waals surface area contributed by atoms with E-state index < -0.39 is 10.0 Å². The Bertz CT molecular complexity index is 1030. The monoisotopic (exact) mass is 384 g/mol. The smallest absolute Gasteiger partial charge is 0.243 e. The van der Waals surface area contributed by atoms with Gasteiger partial charge in [-0.25, -0.2) is 23.4 Å². The number of imidazole rings is 1. The lowest BCUT2D eigenvalue weighted by atomic mass is 10.2. The van der Waals surface area contributed by atoms with Crippen molar-refractivity contribution in [2.45, 2.75) is 11.8 Å². The second kappa shape index (κ2) is 7.09. The van der Waals surface area contributed by atoms with Crippen LogP contribution in [0.25, 0.3) is 5.82 Å². The van der Waals surface area contributed by atoms with Crippen LogP contribution in [0.2, 0.25) is 0 Å². The molecule has 0 N–H and O–H groups in total. The molecule has 1 aliphatic heterocycles. The van der Waals surface area contributed by atoms with Crippen molar-refractivity contribution in [3.05, 3.63) is 60.9 Å². The van der Waals surface area contributed by atoms with Crippen LogP contribution in [-0.4, -0.2) is 58.4 Å². The Morgan fingerprint density at radius 2 is 1.78 bits per heavy atom. The van der Waals surface area contributed by atoms with Crippen molar-refractivity contribution >= 4 is 15.8 Å². The first kappa shape index (κ1) is 17.6. The van der Waals surface area contributed by atoms with Crippen LogP contribution in [0.3, 0.4) is 0 Å². The third-order valence-corrected chi connectivity index (χ3v) is 6.49. The minimum atomic E-state index is -3.47. The summed E-state index contributed by atoms with van der Waals surface area (Å²) in [6, 6.07) is 8.91. The van der Waals surface area contributed by atoms with Crippen molar-refractivity contribution in [2.75, 3.05) is 31.1 Å². The van der Waals surface area contributed by atoms with E-state index in [-0.39, 0.29) is 0 Å². The lowest BCUT2D eigenvalue weighted by Gasteiger charge is -2.34. The van der Waals surface area contributed by atoms with E-state index in [0.29, 0.717) is 31.1 Å². The van der Waals surface area contributed by atoms with Gasteiger partial charge in [0.2, 0.25) is 10.0 Å². The maximum Gasteiger partial charge on any atom is 0.243 e. The molecule has 0 spiro atoms. The standard InChI is InChI=1S/C18H20N6O2S/c1-15-3-2-4-16(11-15)27(25,26)24-9-7-22(8-10-24)17-12-18(21-13-20-17)23-6-5-19-14-23/h2-6,11-14H,7-10H2,1H3. The summed E-state index contributed by atoms with van der Waals surface area (Å²) in [4.78, 5) is 15.1. The zero-order valence-electron chi connectivity index (χ0n) is 14.9. The molecule has 1 aromatic carbocycles. The Kier molecular flexibility index (Phi) is 4.63. The molecule has 2 aromatic heterocycles. The Balaban J connectivity index is 1.49. The first-order valence-corrected chi connectivity index (χ1v) is 10.1. The van der Waals surface area contributed by atoms with E-state index >= 15 is 0 Å². The molecule has 0 bridgehead atoms. The molecule has 0 aliphatic carbocycles. The lowest BCUT2D eigenvalue weighted by Crippen LogP contribution is -2.49. The number of piperazine rings is 1. The molecule has 4 rings (SSSR count). The number of sulfonamides is 1. The quantitative estimate of drug-likeness (QED) is 0.677. The summed E-state index contributed by atoms with van der Waals surface area (Å²) >= 11 is 0. The molecule has 1 aliphatic rings. The molecule has 140 valence electrons. The topological polar surface area (TPSA) is 84.2 Å². The molecule has 9 heteroatoms. The van der Waals surface area contributed by atoms with Crippen molar-refractivity contribution in [3.63, 3.8) is 0 Å². The highest BCUT2D eigenvalue weighted by molar-refractivity contribution is 7.89. The zero-order chi connectivity index (χ0) is 18.9. The van der Waals surface area contributed by atoms with Gasteiger partial charge in [0, 0.05) is 44.6 Å². The van der Waals surface area contributed by atoms with Crippen molar-refractivity contribution in [1.82, 2.24) is 23.8 Å². The zero-order valence-corrected chi connectivity index (χ0v) is 15.7. The highest BCUT2D eigenvalue weighted by atomic mass is 32.2. The Morgan fingerprint density at radius 1 is 1.00 bits per heavy atom. The van der Waals surface area contributed by atoms with E-state index in [2.05, 4.69) is 19.9 Å². The van der Waals surface area contributed by atoms with E-state index in [9.17, 15) is 8.42 Å². The summed E-state index contributed by atoms with van der Waals surface area (Å²) in [6.07, 6.45) is 6.70. The van der Waals surface area contributed by atoms with Gasteiger partial charge in [-0.05, 0) is 24.6 Å². The predicted octanol–water partition coefficient (Wildman–Crippen LogP) is 1.48. The van der Waals surface area contributed by atoms with Gasteiger partial charge in [-0.1, -0.05) is 12.1 Å². The number of hydrogen-bond donors (Lipinski definition) is 0. The second-order valence-electron chi connectivity index (χ2n) is 6.41. The molecule has 0 saturated carbocycles. The largest absolute Gasteiger partial charge is 0.354 e. The molecule has 0 radical (unpaired) electrons. The molecule has 0 unspecified atom stereocenters. The first-order chi connectivity index (χ1) is 13.0. The van der Waals surface area contributed by atoms with Crippen LogP contribution in [0.4, 0.5) is 5.82 Å². The molecule has 8 nitrogen and oxygen atoms in total. The van der Waals surface area contributed by atoms with E-state index in [4.69, 9.17) is 0 Å². The Labute approximate surface area is 158 Å². The number of anilines is 1. The van der Waals surface area contributed by atoms with Gasteiger partial charge >= 0.3 is 0 Å². The summed E-state index contributed by atoms with van der Waals surface area (Å²) in [5, 5.41) is 0. The number of aromatic nitrogens is 4. The van der Waals surface area contributed by atoms with Gasteiger partial charge in [0.15, 0.2) is 0 Å². The molecule has 0 amide bonds. The minimum absolute atomic E-state index is 0.348. The van der Waals surface area contributed by atoms with Crippen LogP contribution >= 0.6 is 0 Å². The van der Waals surface area contributed by atoms with Gasteiger partial charge in [0.05, 0.1) is 4.90 Å². The SMILES string of the molecule is Cc1cccc(S(=O)(=O)N2CCN(c3cc(-n4ccnc4)ncn3)CC2)c1. The number of nitrogens with zero attached hydrogens (tertiary/aromatic N) is 6. The van der Waals surface area contributed by atoms with Crippen molar-refractivity contribution in [3.8, 4) is 5.82 Å². The van der Waals surface area contributed by atoms with Gasteiger partial charge < -0.3 is 4.90 Å². The predicted molar refractivity (Wildman–Crippen MR) is 101 cm³/mol. The van der Waals surface area contributed by atoms with Gasteiger partial charge in [-0.15, -0.1) is 0 Å². The van der Waals surface area contributed by atoms with E-state index in [1.807, 2.05) is 29.8 Å². The third kappa shape index (κ3) is 3.56. The van der Waals surface area contributed by atoms with Crippen LogP contribution in [0.15, 0.2) is 60.3 Å². The Hall–Kier alpha value is -2.78. The van der Waals surface area contributed by atoms with Crippen molar-refractivity contribution in [2.24, 2.45) is 0 Å². The van der Waals surface area contributed by atoms with Gasteiger partial charge in [0.1, 0.15) is 24.3 Å². The number of benzene rings is 1. The average Bonchev–Trinajstić information content (AvgIpc) is 3.23. The average molecular weight is 384 g/mol. The van der Waals surface area contributed by atoms with Crippen molar-refractivity contribution in [1.29, 1.82) is 0 Å². The van der Waals surface area contributed by atoms with Crippen LogP contribution in [-0.2, 0) is 10.0 Å². The number of rotatable bonds is 4. The molecule has 0 atom stereocenters. The first-order valence-electron chi connectivity index (χ1n) is 8.66. The fourth-order valence-corrected chi connectivity index (χ4v) is 4.66. The molecule has 27 heavy (non-hydrogen) atoms. The van der Waals surface area contributed by atoms with E-state index in [1.165, 1.54) is 10.6 Å². The van der Waals surface area contributed by atoms with Gasteiger partial charge in [-0.2, -0.15) is 4.31 Å². The summed E-state index contributed by atoms with van der Waals surface area (Å²) in [6.45, 7) is 3.88. The lowest BCUT2D eigenvalue weighted by molar-refractivity contribution is 0.383. The fourth-order valence-electron chi connectivity index (χ4n) is 3.13. The molecule has 3 heterocycles. The fraction of sp³-hybridized carbons (Fsp3) is 0.278. The van der Waals surface area contributed by atoms with E-state index in [1.54, 1.807) is 30.7 Å². The molecule has 1 fully saturated rings. The Morgan fingerprint density at radius 3 is 2.48 bits per heavy atom. The molecular formula is C18H20N6O2S. The highest BCUT2D eigenvalue weighted by Gasteiger charge is 2.29. The number of aryl methyl sites for hydroxylation is 1. The summed E-state index contributed by atoms with van der Waals surface area (Å²) < 4.78 is 29.1. The molecule has 3 aromatic rings. The minimum Gasteiger partial charge on any atom is -0.354 e. The van der Waals surface area contributed by atoms with Crippen LogP contribution in [0.1, 0.15) is 5.56 Å². The molecule has 1 saturated heterocycles. The van der Waals surface area contributed by atoms with Gasteiger partial charge in [0.25, 0.3) is 0 Å². The summed E-state index contributed by atoms with van der Waals surface area (Å²) in [5.41, 5.74) is 0.933. The summed E-state index contributed by atoms with van der Waals surface area (Å²) in [7, 11) is -3.47. The molecular weight excluding hydrogens is 364 g/mol. The highest BCUT2D eigenvalue weighted by Crippen LogP contribution is 2.21. The van der Waals surface area contributed by atoms with Crippen LogP contribution < -0.4 is 4.90 Å². The normalized spacial score (nSPS) is 15.8. The van der Waals surface area contributed by atoms with Crippen LogP contribution in [0, 0.1) is 6.92 Å². The maximum absolute atomic E-state index is 12.9. The number of hydrogen-bond acceptors (Lipinski definition) is 6.